The number of aryl methyl sites for hydroxylation is 1. The average Bonchev–Trinajstić information content (AvgIpc) is 3.52. The Morgan fingerprint density at radius 3 is 2.58 bits per heavy atom. The molecule has 43 heavy (non-hydrogen) atoms. The third-order valence-corrected chi connectivity index (χ3v) is 8.56. The first-order valence-corrected chi connectivity index (χ1v) is 14.5. The standard InChI is InChI=1S/C30H33F3N8O2/c1-39-19-36-38-27(39)14-29(17-43-18-29)21-12-25(35-7-5-6-34)37-26(13-21)41-16-23-22(28(41)42)10-20(11-24(23)30(31,32)33)15-40-8-3-2-4-9-40/h10-13,19H,2-5,7-9,14-18H2,1H3,(H,35,37). The number of benzene rings is 1. The number of nitriles is 1. The number of amides is 1. The second kappa shape index (κ2) is 11.6. The lowest BCUT2D eigenvalue weighted by atomic mass is 9.75. The average molecular weight is 595 g/mol. The summed E-state index contributed by atoms with van der Waals surface area (Å²) in [6, 6.07) is 8.51. The van der Waals surface area contributed by atoms with Gasteiger partial charge in [-0.15, -0.1) is 10.2 Å². The van der Waals surface area contributed by atoms with Crippen molar-refractivity contribution in [3.8, 4) is 6.07 Å². The second-order valence-corrected chi connectivity index (χ2v) is 11.6. The molecule has 0 spiro atoms. The molecule has 5 heterocycles. The Kier molecular flexibility index (Phi) is 7.83. The molecule has 226 valence electrons. The SMILES string of the molecule is Cn1cnnc1CC1(c2cc(NCCC#N)nc(N3Cc4c(cc(CN5CCCCC5)cc4C(F)(F)F)C3=O)c2)COC1. The number of carbonyl (C=O) groups excluding carboxylic acids is 1. The number of fused-ring (bicyclic) bond motifs is 1. The predicted molar refractivity (Wildman–Crippen MR) is 151 cm³/mol. The molecule has 0 saturated carbocycles. The highest BCUT2D eigenvalue weighted by Gasteiger charge is 2.44. The Bertz CT molecular complexity index is 1550. The van der Waals surface area contributed by atoms with E-state index in [4.69, 9.17) is 10.00 Å². The van der Waals surface area contributed by atoms with Gasteiger partial charge < -0.3 is 14.6 Å². The number of hydrogen-bond donors (Lipinski definition) is 1. The maximum atomic E-state index is 14.4. The van der Waals surface area contributed by atoms with Crippen molar-refractivity contribution in [3.05, 3.63) is 64.2 Å². The molecule has 0 aliphatic carbocycles. The van der Waals surface area contributed by atoms with Gasteiger partial charge in [0.25, 0.3) is 5.91 Å². The third kappa shape index (κ3) is 5.81. The first-order valence-electron chi connectivity index (χ1n) is 14.5. The molecule has 13 heteroatoms. The number of hydrogen-bond acceptors (Lipinski definition) is 8. The van der Waals surface area contributed by atoms with Gasteiger partial charge in [0, 0.05) is 37.5 Å². The van der Waals surface area contributed by atoms with Crippen molar-refractivity contribution in [2.45, 2.75) is 56.8 Å². The zero-order valence-corrected chi connectivity index (χ0v) is 24.0. The van der Waals surface area contributed by atoms with Crippen LogP contribution < -0.4 is 10.2 Å². The molecular formula is C30H33F3N8O2. The molecule has 2 aromatic heterocycles. The highest BCUT2D eigenvalue weighted by atomic mass is 19.4. The number of nitrogens with one attached hydrogen (secondary N) is 1. The van der Waals surface area contributed by atoms with Gasteiger partial charge >= 0.3 is 6.18 Å². The minimum Gasteiger partial charge on any atom is -0.379 e. The van der Waals surface area contributed by atoms with Crippen molar-refractivity contribution in [1.82, 2.24) is 24.6 Å². The highest BCUT2D eigenvalue weighted by molar-refractivity contribution is 6.10. The highest BCUT2D eigenvalue weighted by Crippen LogP contribution is 2.42. The molecule has 10 nitrogen and oxygen atoms in total. The summed E-state index contributed by atoms with van der Waals surface area (Å²) in [5.41, 5.74) is 0.0661. The van der Waals surface area contributed by atoms with Crippen molar-refractivity contribution in [3.63, 3.8) is 0 Å². The monoisotopic (exact) mass is 594 g/mol. The molecule has 1 amide bonds. The second-order valence-electron chi connectivity index (χ2n) is 11.6. The molecule has 1 N–H and O–H groups in total. The van der Waals surface area contributed by atoms with Gasteiger partial charge in [-0.1, -0.05) is 6.42 Å². The summed E-state index contributed by atoms with van der Waals surface area (Å²) in [7, 11) is 1.85. The van der Waals surface area contributed by atoms with E-state index in [0.29, 0.717) is 44.1 Å². The maximum absolute atomic E-state index is 14.4. The van der Waals surface area contributed by atoms with E-state index in [9.17, 15) is 18.0 Å². The van der Waals surface area contributed by atoms with Gasteiger partial charge in [-0.3, -0.25) is 14.6 Å². The van der Waals surface area contributed by atoms with Gasteiger partial charge in [0.15, 0.2) is 0 Å². The fourth-order valence-corrected chi connectivity index (χ4v) is 6.16. The molecule has 2 saturated heterocycles. The minimum atomic E-state index is -4.61. The molecule has 1 aromatic carbocycles. The topological polar surface area (TPSA) is 112 Å². The smallest absolute Gasteiger partial charge is 0.379 e. The van der Waals surface area contributed by atoms with E-state index in [1.54, 1.807) is 18.5 Å². The van der Waals surface area contributed by atoms with Crippen LogP contribution in [0.25, 0.3) is 0 Å². The number of rotatable bonds is 9. The fourth-order valence-electron chi connectivity index (χ4n) is 6.16. The van der Waals surface area contributed by atoms with Crippen molar-refractivity contribution >= 4 is 17.5 Å². The third-order valence-electron chi connectivity index (χ3n) is 8.56. The van der Waals surface area contributed by atoms with Gasteiger partial charge in [0.1, 0.15) is 23.8 Å². The quantitative estimate of drug-likeness (QED) is 0.367. The van der Waals surface area contributed by atoms with E-state index in [1.165, 1.54) is 11.0 Å². The first kappa shape index (κ1) is 29.1. The molecule has 6 rings (SSSR count). The van der Waals surface area contributed by atoms with Crippen LogP contribution >= 0.6 is 0 Å². The largest absolute Gasteiger partial charge is 0.416 e. The molecule has 0 atom stereocenters. The number of ether oxygens (including phenoxy) is 1. The number of carbonyl (C=O) groups is 1. The summed E-state index contributed by atoms with van der Waals surface area (Å²) >= 11 is 0. The van der Waals surface area contributed by atoms with Crippen LogP contribution in [0.2, 0.25) is 0 Å². The number of alkyl halides is 3. The fraction of sp³-hybridized carbons (Fsp3) is 0.500. The Balaban J connectivity index is 1.37. The molecule has 3 aliphatic rings. The number of aromatic nitrogens is 4. The van der Waals surface area contributed by atoms with Gasteiger partial charge in [0.2, 0.25) is 0 Å². The van der Waals surface area contributed by atoms with Gasteiger partial charge in [-0.25, -0.2) is 4.98 Å². The molecule has 3 aromatic rings. The van der Waals surface area contributed by atoms with Crippen LogP contribution in [0.4, 0.5) is 24.8 Å². The molecule has 0 unspecified atom stereocenters. The van der Waals surface area contributed by atoms with Crippen LogP contribution in [0.15, 0.2) is 30.6 Å². The maximum Gasteiger partial charge on any atom is 0.416 e. The summed E-state index contributed by atoms with van der Waals surface area (Å²) in [6.45, 7) is 2.90. The van der Waals surface area contributed by atoms with Crippen LogP contribution in [0.5, 0.6) is 0 Å². The summed E-state index contributed by atoms with van der Waals surface area (Å²) in [5.74, 6) is 0.910. The zero-order valence-electron chi connectivity index (χ0n) is 24.0. The van der Waals surface area contributed by atoms with Crippen molar-refractivity contribution in [2.24, 2.45) is 7.05 Å². The van der Waals surface area contributed by atoms with E-state index in [0.717, 1.165) is 43.7 Å². The number of pyridine rings is 1. The minimum absolute atomic E-state index is 0.0353. The Morgan fingerprint density at radius 1 is 1.14 bits per heavy atom. The van der Waals surface area contributed by atoms with Crippen LogP contribution in [-0.2, 0) is 42.9 Å². The number of halogens is 3. The van der Waals surface area contributed by atoms with E-state index in [2.05, 4.69) is 31.5 Å². The molecule has 0 bridgehead atoms. The lowest BCUT2D eigenvalue weighted by Gasteiger charge is -2.42. The van der Waals surface area contributed by atoms with Crippen LogP contribution in [-0.4, -0.2) is 63.4 Å². The van der Waals surface area contributed by atoms with Gasteiger partial charge in [0.05, 0.1) is 37.8 Å². The number of likely N-dealkylation sites (tertiary alicyclic amines) is 1. The number of anilines is 2. The van der Waals surface area contributed by atoms with Crippen molar-refractivity contribution in [1.29, 1.82) is 5.26 Å². The lowest BCUT2D eigenvalue weighted by molar-refractivity contribution is -0.138. The van der Waals surface area contributed by atoms with E-state index in [-0.39, 0.29) is 29.9 Å². The van der Waals surface area contributed by atoms with Gasteiger partial charge in [-0.2, -0.15) is 18.4 Å². The normalized spacial score (nSPS) is 18.3. The van der Waals surface area contributed by atoms with E-state index >= 15 is 0 Å². The van der Waals surface area contributed by atoms with Gasteiger partial charge in [-0.05, 0) is 66.9 Å². The molecular weight excluding hydrogens is 561 g/mol. The predicted octanol–water partition coefficient (Wildman–Crippen LogP) is 4.21. The van der Waals surface area contributed by atoms with Crippen LogP contribution in [0.1, 0.15) is 64.1 Å². The van der Waals surface area contributed by atoms with Crippen LogP contribution in [0, 0.1) is 11.3 Å². The summed E-state index contributed by atoms with van der Waals surface area (Å²) in [6.07, 6.45) is 0.898. The van der Waals surface area contributed by atoms with E-state index in [1.807, 2.05) is 17.7 Å². The summed E-state index contributed by atoms with van der Waals surface area (Å²) in [4.78, 5) is 21.9. The van der Waals surface area contributed by atoms with Crippen LogP contribution in [0.3, 0.4) is 0 Å². The summed E-state index contributed by atoms with van der Waals surface area (Å²) in [5, 5.41) is 20.4. The molecule has 2 fully saturated rings. The summed E-state index contributed by atoms with van der Waals surface area (Å²) < 4.78 is 50.5. The Morgan fingerprint density at radius 2 is 1.93 bits per heavy atom. The van der Waals surface area contributed by atoms with E-state index < -0.39 is 23.1 Å². The molecule has 3 aliphatic heterocycles. The first-order chi connectivity index (χ1) is 20.7. The zero-order chi connectivity index (χ0) is 30.2. The molecule has 0 radical (unpaired) electrons. The number of piperidine rings is 1. The van der Waals surface area contributed by atoms with Crippen molar-refractivity contribution < 1.29 is 22.7 Å². The number of nitrogens with zero attached hydrogens (tertiary/aromatic N) is 7. The van der Waals surface area contributed by atoms with Crippen molar-refractivity contribution in [2.75, 3.05) is 43.1 Å². The Hall–Kier alpha value is -4.02. The lowest BCUT2D eigenvalue weighted by Crippen LogP contribution is -2.49. The Labute approximate surface area is 247 Å².